The Morgan fingerprint density at radius 3 is 2.23 bits per heavy atom. The second-order valence-electron chi connectivity index (χ2n) is 7.01. The number of nitrogens with one attached hydrogen (secondary N) is 3. The minimum atomic E-state index is -3.73. The lowest BCUT2D eigenvalue weighted by Crippen LogP contribution is -2.37. The zero-order chi connectivity index (χ0) is 21.6. The van der Waals surface area contributed by atoms with Crippen molar-refractivity contribution in [3.05, 3.63) is 48.5 Å². The molecule has 3 N–H and O–H groups in total. The lowest BCUT2D eigenvalue weighted by Gasteiger charge is -2.13. The number of rotatable bonds is 7. The quantitative estimate of drug-likeness (QED) is 0.557. The van der Waals surface area contributed by atoms with Gasteiger partial charge in [-0.3, -0.25) is 9.52 Å². The van der Waals surface area contributed by atoms with Crippen LogP contribution in [0, 0.1) is 5.92 Å². The number of sulfonamides is 1. The molecule has 0 heterocycles. The summed E-state index contributed by atoms with van der Waals surface area (Å²) < 4.78 is 33.1. The SMILES string of the molecule is CCOc1ccc(NS(=O)(=O)c2ccc(NC(=S)NC(=O)C3CCCC3)cc2)cc1. The maximum atomic E-state index is 12.6. The van der Waals surface area contributed by atoms with Gasteiger partial charge in [0.05, 0.1) is 11.5 Å². The van der Waals surface area contributed by atoms with Crippen LogP contribution in [0.15, 0.2) is 53.4 Å². The number of hydrogen-bond donors (Lipinski definition) is 3. The number of ether oxygens (including phenoxy) is 1. The van der Waals surface area contributed by atoms with E-state index in [9.17, 15) is 13.2 Å². The molecule has 1 aliphatic carbocycles. The summed E-state index contributed by atoms with van der Waals surface area (Å²) in [5.74, 6) is 0.626. The van der Waals surface area contributed by atoms with E-state index in [2.05, 4.69) is 15.4 Å². The molecule has 160 valence electrons. The highest BCUT2D eigenvalue weighted by Gasteiger charge is 2.23. The number of anilines is 2. The van der Waals surface area contributed by atoms with Crippen LogP contribution in [0.5, 0.6) is 5.75 Å². The summed E-state index contributed by atoms with van der Waals surface area (Å²) in [6, 6.07) is 12.8. The van der Waals surface area contributed by atoms with Crippen LogP contribution in [-0.2, 0) is 14.8 Å². The Morgan fingerprint density at radius 1 is 1.03 bits per heavy atom. The molecular formula is C21H25N3O4S2. The molecule has 9 heteroatoms. The lowest BCUT2D eigenvalue weighted by molar-refractivity contribution is -0.123. The summed E-state index contributed by atoms with van der Waals surface area (Å²) in [5, 5.41) is 5.82. The lowest BCUT2D eigenvalue weighted by atomic mass is 10.1. The first kappa shape index (κ1) is 22.0. The molecule has 7 nitrogen and oxygen atoms in total. The van der Waals surface area contributed by atoms with Crippen molar-refractivity contribution < 1.29 is 17.9 Å². The molecule has 2 aromatic carbocycles. The van der Waals surface area contributed by atoms with Crippen molar-refractivity contribution in [3.63, 3.8) is 0 Å². The number of carbonyl (C=O) groups is 1. The molecule has 0 unspecified atom stereocenters. The predicted octanol–water partition coefficient (Wildman–Crippen LogP) is 3.89. The first-order valence-electron chi connectivity index (χ1n) is 9.85. The van der Waals surface area contributed by atoms with Crippen molar-refractivity contribution in [3.8, 4) is 5.75 Å². The standard InChI is InChI=1S/C21H25N3O4S2/c1-2-28-18-11-7-17(8-12-18)24-30(26,27)19-13-9-16(10-14-19)22-21(29)23-20(25)15-5-3-4-6-15/h7-15,24H,2-6H2,1H3,(H2,22,23,25,29). The molecule has 0 aliphatic heterocycles. The molecule has 1 aliphatic rings. The van der Waals surface area contributed by atoms with Crippen LogP contribution < -0.4 is 20.1 Å². The minimum absolute atomic E-state index is 0.0194. The fourth-order valence-electron chi connectivity index (χ4n) is 3.28. The van der Waals surface area contributed by atoms with Gasteiger partial charge < -0.3 is 15.4 Å². The number of thiocarbonyl (C=S) groups is 1. The molecule has 1 amide bonds. The van der Waals surface area contributed by atoms with Gasteiger partial charge in [-0.15, -0.1) is 0 Å². The third kappa shape index (κ3) is 5.93. The zero-order valence-corrected chi connectivity index (χ0v) is 18.3. The molecule has 0 bridgehead atoms. The van der Waals surface area contributed by atoms with Crippen LogP contribution in [0.2, 0.25) is 0 Å². The maximum Gasteiger partial charge on any atom is 0.261 e. The number of amides is 1. The molecular weight excluding hydrogens is 422 g/mol. The Kier molecular flexibility index (Phi) is 7.28. The van der Waals surface area contributed by atoms with Crippen molar-refractivity contribution >= 4 is 44.6 Å². The molecule has 3 rings (SSSR count). The van der Waals surface area contributed by atoms with Crippen LogP contribution in [0.4, 0.5) is 11.4 Å². The average Bonchev–Trinajstić information content (AvgIpc) is 3.25. The summed E-state index contributed by atoms with van der Waals surface area (Å²) in [4.78, 5) is 12.2. The maximum absolute atomic E-state index is 12.6. The molecule has 0 saturated heterocycles. The van der Waals surface area contributed by atoms with Gasteiger partial charge in [0.15, 0.2) is 5.11 Å². The summed E-state index contributed by atoms with van der Waals surface area (Å²) >= 11 is 5.19. The van der Waals surface area contributed by atoms with E-state index in [4.69, 9.17) is 17.0 Å². The third-order valence-electron chi connectivity index (χ3n) is 4.80. The van der Waals surface area contributed by atoms with Crippen molar-refractivity contribution in [2.75, 3.05) is 16.6 Å². The van der Waals surface area contributed by atoms with E-state index in [0.717, 1.165) is 25.7 Å². The molecule has 1 saturated carbocycles. The van der Waals surface area contributed by atoms with Crippen LogP contribution in [0.1, 0.15) is 32.6 Å². The fourth-order valence-corrected chi connectivity index (χ4v) is 4.56. The van der Waals surface area contributed by atoms with Gasteiger partial charge in [-0.25, -0.2) is 8.42 Å². The summed E-state index contributed by atoms with van der Waals surface area (Å²) in [6.07, 6.45) is 3.92. The smallest absolute Gasteiger partial charge is 0.261 e. The highest BCUT2D eigenvalue weighted by Crippen LogP contribution is 2.25. The number of carbonyl (C=O) groups excluding carboxylic acids is 1. The Labute approximate surface area is 182 Å². The fraction of sp³-hybridized carbons (Fsp3) is 0.333. The van der Waals surface area contributed by atoms with E-state index in [-0.39, 0.29) is 21.8 Å². The zero-order valence-electron chi connectivity index (χ0n) is 16.7. The van der Waals surface area contributed by atoms with Gasteiger partial charge in [0.2, 0.25) is 5.91 Å². The van der Waals surface area contributed by atoms with E-state index in [0.29, 0.717) is 23.7 Å². The Morgan fingerprint density at radius 2 is 1.63 bits per heavy atom. The third-order valence-corrected chi connectivity index (χ3v) is 6.40. The monoisotopic (exact) mass is 447 g/mol. The Bertz CT molecular complexity index is 984. The minimum Gasteiger partial charge on any atom is -0.494 e. The van der Waals surface area contributed by atoms with E-state index in [1.807, 2.05) is 6.92 Å². The van der Waals surface area contributed by atoms with Crippen molar-refractivity contribution in [2.24, 2.45) is 5.92 Å². The second kappa shape index (κ2) is 9.90. The predicted molar refractivity (Wildman–Crippen MR) is 121 cm³/mol. The van der Waals surface area contributed by atoms with Gasteiger partial charge >= 0.3 is 0 Å². The molecule has 1 fully saturated rings. The molecule has 0 atom stereocenters. The average molecular weight is 448 g/mol. The van der Waals surface area contributed by atoms with Gasteiger partial charge in [-0.1, -0.05) is 12.8 Å². The Hall–Kier alpha value is -2.65. The van der Waals surface area contributed by atoms with Crippen molar-refractivity contribution in [2.45, 2.75) is 37.5 Å². The van der Waals surface area contributed by atoms with E-state index >= 15 is 0 Å². The van der Waals surface area contributed by atoms with Gasteiger partial charge in [-0.2, -0.15) is 0 Å². The molecule has 0 aromatic heterocycles. The number of benzene rings is 2. The Balaban J connectivity index is 1.58. The summed E-state index contributed by atoms with van der Waals surface area (Å²) in [5.41, 5.74) is 1.03. The van der Waals surface area contributed by atoms with Gasteiger partial charge in [0.1, 0.15) is 5.75 Å². The number of hydrogen-bond acceptors (Lipinski definition) is 5. The summed E-state index contributed by atoms with van der Waals surface area (Å²) in [6.45, 7) is 2.42. The van der Waals surface area contributed by atoms with E-state index in [1.165, 1.54) is 12.1 Å². The van der Waals surface area contributed by atoms with Crippen LogP contribution >= 0.6 is 12.2 Å². The van der Waals surface area contributed by atoms with Crippen LogP contribution in [0.3, 0.4) is 0 Å². The highest BCUT2D eigenvalue weighted by molar-refractivity contribution is 7.92. The normalized spacial score (nSPS) is 14.2. The van der Waals surface area contributed by atoms with Crippen LogP contribution in [0.25, 0.3) is 0 Å². The second-order valence-corrected chi connectivity index (χ2v) is 9.10. The van der Waals surface area contributed by atoms with Gasteiger partial charge in [-0.05, 0) is 80.5 Å². The van der Waals surface area contributed by atoms with Gasteiger partial charge in [0, 0.05) is 17.3 Å². The molecule has 0 radical (unpaired) electrons. The molecule has 30 heavy (non-hydrogen) atoms. The first-order chi connectivity index (χ1) is 14.4. The van der Waals surface area contributed by atoms with Gasteiger partial charge in [0.25, 0.3) is 10.0 Å². The van der Waals surface area contributed by atoms with E-state index < -0.39 is 10.0 Å². The largest absolute Gasteiger partial charge is 0.494 e. The van der Waals surface area contributed by atoms with Crippen LogP contribution in [-0.4, -0.2) is 26.0 Å². The topological polar surface area (TPSA) is 96.5 Å². The summed E-state index contributed by atoms with van der Waals surface area (Å²) in [7, 11) is -3.73. The van der Waals surface area contributed by atoms with Crippen molar-refractivity contribution in [1.82, 2.24) is 5.32 Å². The highest BCUT2D eigenvalue weighted by atomic mass is 32.2. The first-order valence-corrected chi connectivity index (χ1v) is 11.7. The van der Waals surface area contributed by atoms with Crippen molar-refractivity contribution in [1.29, 1.82) is 0 Å². The molecule has 0 spiro atoms. The molecule has 2 aromatic rings. The van der Waals surface area contributed by atoms with E-state index in [1.54, 1.807) is 36.4 Å².